The Balaban J connectivity index is 1.25. The number of hydrogen-bond acceptors (Lipinski definition) is 5. The SMILES string of the molecule is N#Cc1ccc(N2C3CCC2CN(C(=O)CCC(F)(F)c2ccnc4ccccc24)C3)nc1. The van der Waals surface area contributed by atoms with Gasteiger partial charge in [0, 0.05) is 61.4 Å². The first kappa shape index (κ1) is 21.3. The molecule has 3 aromatic rings. The second kappa shape index (κ2) is 8.39. The van der Waals surface area contributed by atoms with Gasteiger partial charge in [0.25, 0.3) is 5.92 Å². The summed E-state index contributed by atoms with van der Waals surface area (Å²) in [5.41, 5.74) is 0.936. The summed E-state index contributed by atoms with van der Waals surface area (Å²) in [5.74, 6) is -2.56. The molecule has 1 amide bonds. The Bertz CT molecular complexity index is 1200. The average molecular weight is 447 g/mol. The van der Waals surface area contributed by atoms with Crippen molar-refractivity contribution in [3.63, 3.8) is 0 Å². The molecular formula is C25H23F2N5O. The predicted octanol–water partition coefficient (Wildman–Crippen LogP) is 4.25. The molecule has 2 saturated heterocycles. The number of benzene rings is 1. The molecule has 2 aliphatic rings. The smallest absolute Gasteiger partial charge is 0.274 e. The number of rotatable bonds is 5. The lowest BCUT2D eigenvalue weighted by atomic mass is 9.99. The number of para-hydroxylation sites is 1. The first-order chi connectivity index (χ1) is 16.0. The highest BCUT2D eigenvalue weighted by Gasteiger charge is 2.42. The van der Waals surface area contributed by atoms with Gasteiger partial charge in [-0.1, -0.05) is 18.2 Å². The van der Waals surface area contributed by atoms with Crippen molar-refractivity contribution in [1.29, 1.82) is 5.26 Å². The van der Waals surface area contributed by atoms with Crippen LogP contribution >= 0.6 is 0 Å². The highest BCUT2D eigenvalue weighted by Crippen LogP contribution is 2.38. The van der Waals surface area contributed by atoms with Crippen molar-refractivity contribution >= 4 is 22.6 Å². The molecule has 8 heteroatoms. The number of carbonyl (C=O) groups is 1. The number of hydrogen-bond donors (Lipinski definition) is 0. The minimum absolute atomic E-state index is 0.0855. The van der Waals surface area contributed by atoms with Crippen LogP contribution in [0.1, 0.15) is 36.8 Å². The van der Waals surface area contributed by atoms with Crippen LogP contribution in [0.25, 0.3) is 10.9 Å². The van der Waals surface area contributed by atoms with Gasteiger partial charge in [0.05, 0.1) is 11.1 Å². The second-order valence-corrected chi connectivity index (χ2v) is 8.69. The summed E-state index contributed by atoms with van der Waals surface area (Å²) in [6, 6.07) is 14.0. The number of anilines is 1. The zero-order valence-corrected chi connectivity index (χ0v) is 18.0. The number of pyridine rings is 2. The number of nitrogens with zero attached hydrogens (tertiary/aromatic N) is 5. The van der Waals surface area contributed by atoms with E-state index >= 15 is 8.78 Å². The Morgan fingerprint density at radius 2 is 1.85 bits per heavy atom. The number of piperazine rings is 1. The third kappa shape index (κ3) is 3.99. The van der Waals surface area contributed by atoms with Gasteiger partial charge in [0.15, 0.2) is 0 Å². The maximum Gasteiger partial charge on any atom is 0.274 e. The molecule has 1 aromatic carbocycles. The summed E-state index contributed by atoms with van der Waals surface area (Å²) in [5, 5.41) is 9.40. The molecule has 5 rings (SSSR count). The first-order valence-corrected chi connectivity index (χ1v) is 11.1. The van der Waals surface area contributed by atoms with Crippen LogP contribution in [-0.2, 0) is 10.7 Å². The first-order valence-electron chi connectivity index (χ1n) is 11.1. The zero-order chi connectivity index (χ0) is 23.0. The van der Waals surface area contributed by atoms with Crippen LogP contribution in [0.3, 0.4) is 0 Å². The fourth-order valence-corrected chi connectivity index (χ4v) is 5.06. The summed E-state index contributed by atoms with van der Waals surface area (Å²) < 4.78 is 30.2. The molecule has 4 heterocycles. The molecule has 2 bridgehead atoms. The lowest BCUT2D eigenvalue weighted by Gasteiger charge is -2.42. The second-order valence-electron chi connectivity index (χ2n) is 8.69. The number of nitriles is 1. The molecule has 0 spiro atoms. The number of likely N-dealkylation sites (tertiary alicyclic amines) is 1. The van der Waals surface area contributed by atoms with Crippen LogP contribution in [0, 0.1) is 11.3 Å². The number of amides is 1. The average Bonchev–Trinajstić information content (AvgIpc) is 3.11. The maximum atomic E-state index is 15.1. The Labute approximate surface area is 190 Å². The molecule has 168 valence electrons. The van der Waals surface area contributed by atoms with Crippen LogP contribution in [0.2, 0.25) is 0 Å². The molecule has 2 fully saturated rings. The van der Waals surface area contributed by atoms with Crippen LogP contribution in [-0.4, -0.2) is 45.9 Å². The summed E-state index contributed by atoms with van der Waals surface area (Å²) in [6.07, 6.45) is 4.05. The minimum atomic E-state index is -3.12. The number of alkyl halides is 2. The Kier molecular flexibility index (Phi) is 5.41. The number of aromatic nitrogens is 2. The largest absolute Gasteiger partial charge is 0.347 e. The van der Waals surface area contributed by atoms with Crippen molar-refractivity contribution < 1.29 is 13.6 Å². The van der Waals surface area contributed by atoms with E-state index in [4.69, 9.17) is 5.26 Å². The van der Waals surface area contributed by atoms with Gasteiger partial charge in [0.2, 0.25) is 5.91 Å². The Hall–Kier alpha value is -3.60. The minimum Gasteiger partial charge on any atom is -0.347 e. The normalized spacial score (nSPS) is 20.2. The van der Waals surface area contributed by atoms with Crippen molar-refractivity contribution in [3.05, 3.63) is 66.0 Å². The lowest BCUT2D eigenvalue weighted by Crippen LogP contribution is -2.55. The standard InChI is InChI=1S/C25H23F2N5O/c26-25(27,21-10-12-29-22-4-2-1-3-20(21)22)11-9-24(33)31-15-18-6-7-19(16-31)32(18)23-8-5-17(13-28)14-30-23/h1-5,8,10,12,14,18-19H,6-7,9,11,15-16H2. The van der Waals surface area contributed by atoms with Gasteiger partial charge < -0.3 is 9.80 Å². The van der Waals surface area contributed by atoms with Gasteiger partial charge in [-0.25, -0.2) is 13.8 Å². The van der Waals surface area contributed by atoms with Gasteiger partial charge in [0.1, 0.15) is 11.9 Å². The summed E-state index contributed by atoms with van der Waals surface area (Å²) in [4.78, 5) is 25.4. The van der Waals surface area contributed by atoms with E-state index in [1.54, 1.807) is 41.4 Å². The van der Waals surface area contributed by atoms with Gasteiger partial charge in [-0.15, -0.1) is 0 Å². The molecule has 0 aliphatic carbocycles. The monoisotopic (exact) mass is 447 g/mol. The highest BCUT2D eigenvalue weighted by molar-refractivity contribution is 5.83. The molecule has 33 heavy (non-hydrogen) atoms. The molecule has 2 unspecified atom stereocenters. The van der Waals surface area contributed by atoms with Gasteiger partial charge in [-0.3, -0.25) is 9.78 Å². The third-order valence-electron chi connectivity index (χ3n) is 6.67. The molecular weight excluding hydrogens is 424 g/mol. The number of halogens is 2. The number of carbonyl (C=O) groups excluding carboxylic acids is 1. The predicted molar refractivity (Wildman–Crippen MR) is 120 cm³/mol. The fourth-order valence-electron chi connectivity index (χ4n) is 5.06. The van der Waals surface area contributed by atoms with Crippen molar-refractivity contribution in [3.8, 4) is 6.07 Å². The van der Waals surface area contributed by atoms with Crippen molar-refractivity contribution in [2.75, 3.05) is 18.0 Å². The molecule has 6 nitrogen and oxygen atoms in total. The summed E-state index contributed by atoms with van der Waals surface area (Å²) >= 11 is 0. The van der Waals surface area contributed by atoms with E-state index in [0.717, 1.165) is 18.7 Å². The fraction of sp³-hybridized carbons (Fsp3) is 0.360. The van der Waals surface area contributed by atoms with E-state index in [2.05, 4.69) is 20.9 Å². The van der Waals surface area contributed by atoms with E-state index in [0.29, 0.717) is 29.6 Å². The van der Waals surface area contributed by atoms with Gasteiger partial charge in [-0.05, 0) is 37.1 Å². The summed E-state index contributed by atoms with van der Waals surface area (Å²) in [7, 11) is 0. The quantitative estimate of drug-likeness (QED) is 0.585. The van der Waals surface area contributed by atoms with Crippen molar-refractivity contribution in [2.24, 2.45) is 0 Å². The highest BCUT2D eigenvalue weighted by atomic mass is 19.3. The van der Waals surface area contributed by atoms with E-state index in [1.165, 1.54) is 12.3 Å². The zero-order valence-electron chi connectivity index (χ0n) is 18.0. The maximum absolute atomic E-state index is 15.1. The van der Waals surface area contributed by atoms with Crippen LogP contribution in [0.5, 0.6) is 0 Å². The molecule has 2 atom stereocenters. The van der Waals surface area contributed by atoms with Gasteiger partial charge >= 0.3 is 0 Å². The molecule has 0 N–H and O–H groups in total. The molecule has 0 radical (unpaired) electrons. The lowest BCUT2D eigenvalue weighted by molar-refractivity contribution is -0.134. The van der Waals surface area contributed by atoms with Gasteiger partial charge in [-0.2, -0.15) is 5.26 Å². The topological polar surface area (TPSA) is 73.1 Å². The molecule has 2 aromatic heterocycles. The van der Waals surface area contributed by atoms with Crippen molar-refractivity contribution in [2.45, 2.75) is 43.7 Å². The Morgan fingerprint density at radius 1 is 1.09 bits per heavy atom. The molecule has 0 saturated carbocycles. The molecule has 2 aliphatic heterocycles. The Morgan fingerprint density at radius 3 is 2.55 bits per heavy atom. The van der Waals surface area contributed by atoms with Crippen LogP contribution in [0.15, 0.2) is 54.9 Å². The third-order valence-corrected chi connectivity index (χ3v) is 6.67. The van der Waals surface area contributed by atoms with Crippen molar-refractivity contribution in [1.82, 2.24) is 14.9 Å². The van der Waals surface area contributed by atoms with E-state index in [-0.39, 0.29) is 30.0 Å². The van der Waals surface area contributed by atoms with E-state index in [9.17, 15) is 4.79 Å². The van der Waals surface area contributed by atoms with Crippen LogP contribution < -0.4 is 4.90 Å². The summed E-state index contributed by atoms with van der Waals surface area (Å²) in [6.45, 7) is 1.00. The number of fused-ring (bicyclic) bond motifs is 3. The van der Waals surface area contributed by atoms with E-state index < -0.39 is 12.3 Å². The van der Waals surface area contributed by atoms with E-state index in [1.807, 2.05) is 6.07 Å². The van der Waals surface area contributed by atoms with Crippen LogP contribution in [0.4, 0.5) is 14.6 Å².